The van der Waals surface area contributed by atoms with Crippen LogP contribution in [0, 0.1) is 11.6 Å². The number of aliphatic imine (C=N–C) groups is 1. The number of furan rings is 1. The lowest BCUT2D eigenvalue weighted by molar-refractivity contribution is 0.507. The highest BCUT2D eigenvalue weighted by atomic mass is 19.1. The van der Waals surface area contributed by atoms with Gasteiger partial charge in [-0.15, -0.1) is 0 Å². The van der Waals surface area contributed by atoms with Gasteiger partial charge in [0.2, 0.25) is 0 Å². The number of rotatable bonds is 6. The van der Waals surface area contributed by atoms with Crippen LogP contribution in [0.2, 0.25) is 0 Å². The van der Waals surface area contributed by atoms with E-state index in [1.807, 2.05) is 12.1 Å². The van der Waals surface area contributed by atoms with Crippen LogP contribution in [0.5, 0.6) is 0 Å². The molecule has 2 rings (SSSR count). The van der Waals surface area contributed by atoms with Gasteiger partial charge in [0.15, 0.2) is 5.96 Å². The minimum absolute atomic E-state index is 0.508. The lowest BCUT2D eigenvalue weighted by Crippen LogP contribution is -2.39. The standard InChI is InChI=1S/C16H19F2N3O/c1-19-16(21-7-5-15-3-2-8-22-15)20-6-4-12-9-13(17)11-14(18)10-12/h2-3,8-11H,4-7H2,1H3,(H2,19,20,21). The van der Waals surface area contributed by atoms with E-state index in [1.165, 1.54) is 12.1 Å². The smallest absolute Gasteiger partial charge is 0.191 e. The molecule has 1 aromatic heterocycles. The van der Waals surface area contributed by atoms with Crippen LogP contribution < -0.4 is 10.6 Å². The Bertz CT molecular complexity index is 592. The topological polar surface area (TPSA) is 49.6 Å². The summed E-state index contributed by atoms with van der Waals surface area (Å²) < 4.78 is 31.4. The summed E-state index contributed by atoms with van der Waals surface area (Å²) >= 11 is 0. The number of nitrogens with one attached hydrogen (secondary N) is 2. The van der Waals surface area contributed by atoms with Crippen molar-refractivity contribution in [1.29, 1.82) is 0 Å². The fourth-order valence-corrected chi connectivity index (χ4v) is 2.06. The van der Waals surface area contributed by atoms with Gasteiger partial charge in [0, 0.05) is 32.6 Å². The van der Waals surface area contributed by atoms with Gasteiger partial charge >= 0.3 is 0 Å². The average Bonchev–Trinajstić information content (AvgIpc) is 2.98. The van der Waals surface area contributed by atoms with Crippen molar-refractivity contribution in [1.82, 2.24) is 10.6 Å². The quantitative estimate of drug-likeness (QED) is 0.637. The molecule has 0 aliphatic heterocycles. The monoisotopic (exact) mass is 307 g/mol. The Labute approximate surface area is 128 Å². The van der Waals surface area contributed by atoms with E-state index in [1.54, 1.807) is 13.3 Å². The van der Waals surface area contributed by atoms with Gasteiger partial charge in [-0.05, 0) is 36.2 Å². The second kappa shape index (κ2) is 8.17. The number of guanidine groups is 1. The van der Waals surface area contributed by atoms with E-state index in [0.29, 0.717) is 31.0 Å². The molecule has 1 aromatic carbocycles. The molecule has 0 atom stereocenters. The Kier molecular flexibility index (Phi) is 5.94. The Morgan fingerprint density at radius 1 is 1.09 bits per heavy atom. The first kappa shape index (κ1) is 16.0. The average molecular weight is 307 g/mol. The van der Waals surface area contributed by atoms with Crippen LogP contribution in [-0.2, 0) is 12.8 Å². The molecule has 1 heterocycles. The van der Waals surface area contributed by atoms with Crippen molar-refractivity contribution in [2.75, 3.05) is 20.1 Å². The third kappa shape index (κ3) is 5.20. The SMILES string of the molecule is CN=C(NCCc1cc(F)cc(F)c1)NCCc1ccco1. The number of halogens is 2. The summed E-state index contributed by atoms with van der Waals surface area (Å²) in [7, 11) is 1.67. The van der Waals surface area contributed by atoms with Crippen molar-refractivity contribution in [3.8, 4) is 0 Å². The Morgan fingerprint density at radius 3 is 2.36 bits per heavy atom. The van der Waals surface area contributed by atoms with Crippen LogP contribution >= 0.6 is 0 Å². The van der Waals surface area contributed by atoms with Crippen molar-refractivity contribution >= 4 is 5.96 Å². The van der Waals surface area contributed by atoms with Gasteiger partial charge in [-0.1, -0.05) is 0 Å². The van der Waals surface area contributed by atoms with Crippen LogP contribution in [0.4, 0.5) is 8.78 Å². The molecule has 0 unspecified atom stereocenters. The highest BCUT2D eigenvalue weighted by molar-refractivity contribution is 5.79. The molecule has 0 radical (unpaired) electrons. The van der Waals surface area contributed by atoms with E-state index in [0.717, 1.165) is 18.2 Å². The van der Waals surface area contributed by atoms with Crippen LogP contribution in [0.25, 0.3) is 0 Å². The van der Waals surface area contributed by atoms with Crippen molar-refractivity contribution in [2.24, 2.45) is 4.99 Å². The molecule has 0 aliphatic carbocycles. The Balaban J connectivity index is 1.72. The molecule has 0 bridgehead atoms. The molecule has 118 valence electrons. The number of hydrogen-bond acceptors (Lipinski definition) is 2. The lowest BCUT2D eigenvalue weighted by Gasteiger charge is -2.11. The zero-order chi connectivity index (χ0) is 15.8. The number of hydrogen-bond donors (Lipinski definition) is 2. The Hall–Kier alpha value is -2.37. The highest BCUT2D eigenvalue weighted by Gasteiger charge is 2.02. The van der Waals surface area contributed by atoms with E-state index in [2.05, 4.69) is 15.6 Å². The lowest BCUT2D eigenvalue weighted by atomic mass is 10.1. The normalized spacial score (nSPS) is 11.5. The first-order valence-electron chi connectivity index (χ1n) is 7.09. The molecule has 0 saturated carbocycles. The summed E-state index contributed by atoms with van der Waals surface area (Å²) in [5, 5.41) is 6.25. The van der Waals surface area contributed by atoms with E-state index in [4.69, 9.17) is 4.42 Å². The minimum Gasteiger partial charge on any atom is -0.469 e. The first-order valence-corrected chi connectivity index (χ1v) is 7.09. The third-order valence-electron chi connectivity index (χ3n) is 3.10. The van der Waals surface area contributed by atoms with Gasteiger partial charge in [-0.3, -0.25) is 4.99 Å². The molecule has 0 fully saturated rings. The fraction of sp³-hybridized carbons (Fsp3) is 0.312. The molecule has 0 saturated heterocycles. The van der Waals surface area contributed by atoms with Crippen molar-refractivity contribution in [3.05, 3.63) is 59.6 Å². The Morgan fingerprint density at radius 2 is 1.77 bits per heavy atom. The molecule has 2 aromatic rings. The maximum atomic E-state index is 13.1. The van der Waals surface area contributed by atoms with Crippen molar-refractivity contribution in [3.63, 3.8) is 0 Å². The van der Waals surface area contributed by atoms with Crippen molar-refractivity contribution < 1.29 is 13.2 Å². The zero-order valence-corrected chi connectivity index (χ0v) is 12.4. The van der Waals surface area contributed by atoms with Crippen LogP contribution in [0.1, 0.15) is 11.3 Å². The second-order valence-electron chi connectivity index (χ2n) is 4.78. The van der Waals surface area contributed by atoms with Gasteiger partial charge in [0.1, 0.15) is 17.4 Å². The van der Waals surface area contributed by atoms with E-state index >= 15 is 0 Å². The molecular formula is C16H19F2N3O. The highest BCUT2D eigenvalue weighted by Crippen LogP contribution is 2.08. The maximum Gasteiger partial charge on any atom is 0.191 e. The second-order valence-corrected chi connectivity index (χ2v) is 4.78. The number of nitrogens with zero attached hydrogens (tertiary/aromatic N) is 1. The van der Waals surface area contributed by atoms with Crippen molar-refractivity contribution in [2.45, 2.75) is 12.8 Å². The summed E-state index contributed by atoms with van der Waals surface area (Å²) in [4.78, 5) is 4.09. The molecule has 2 N–H and O–H groups in total. The predicted molar refractivity (Wildman–Crippen MR) is 81.8 cm³/mol. The summed E-state index contributed by atoms with van der Waals surface area (Å²) in [6.07, 6.45) is 2.90. The van der Waals surface area contributed by atoms with Gasteiger partial charge in [-0.2, -0.15) is 0 Å². The van der Waals surface area contributed by atoms with Gasteiger partial charge in [0.25, 0.3) is 0 Å². The van der Waals surface area contributed by atoms with Crippen LogP contribution in [0.15, 0.2) is 46.0 Å². The third-order valence-corrected chi connectivity index (χ3v) is 3.10. The fourth-order valence-electron chi connectivity index (χ4n) is 2.06. The largest absolute Gasteiger partial charge is 0.469 e. The van der Waals surface area contributed by atoms with Crippen LogP contribution in [0.3, 0.4) is 0 Å². The molecular weight excluding hydrogens is 288 g/mol. The first-order chi connectivity index (χ1) is 10.7. The van der Waals surface area contributed by atoms with Gasteiger partial charge in [0.05, 0.1) is 6.26 Å². The number of benzene rings is 1. The molecule has 22 heavy (non-hydrogen) atoms. The predicted octanol–water partition coefficient (Wildman–Crippen LogP) is 2.51. The van der Waals surface area contributed by atoms with Gasteiger partial charge in [-0.25, -0.2) is 8.78 Å². The van der Waals surface area contributed by atoms with Crippen LogP contribution in [-0.4, -0.2) is 26.1 Å². The molecule has 0 aliphatic rings. The van der Waals surface area contributed by atoms with Gasteiger partial charge < -0.3 is 15.1 Å². The molecule has 4 nitrogen and oxygen atoms in total. The summed E-state index contributed by atoms with van der Waals surface area (Å²) in [5.41, 5.74) is 0.607. The molecule has 6 heteroatoms. The minimum atomic E-state index is -0.559. The summed E-state index contributed by atoms with van der Waals surface area (Å²) in [6, 6.07) is 7.29. The van der Waals surface area contributed by atoms with E-state index in [9.17, 15) is 8.78 Å². The molecule has 0 spiro atoms. The maximum absolute atomic E-state index is 13.1. The zero-order valence-electron chi connectivity index (χ0n) is 12.4. The summed E-state index contributed by atoms with van der Waals surface area (Å²) in [6.45, 7) is 1.21. The molecule has 0 amide bonds. The van der Waals surface area contributed by atoms with E-state index < -0.39 is 11.6 Å². The van der Waals surface area contributed by atoms with E-state index in [-0.39, 0.29) is 0 Å². The summed E-state index contributed by atoms with van der Waals surface area (Å²) in [5.74, 6) is 0.425.